The molecule has 0 bridgehead atoms. The third-order valence-corrected chi connectivity index (χ3v) is 4.41. The molecule has 1 amide bonds. The average Bonchev–Trinajstić information content (AvgIpc) is 2.87. The fourth-order valence-corrected chi connectivity index (χ4v) is 3.22. The van der Waals surface area contributed by atoms with Crippen molar-refractivity contribution in [3.05, 3.63) is 47.7 Å². The highest BCUT2D eigenvalue weighted by atomic mass is 16.2. The third-order valence-electron chi connectivity index (χ3n) is 4.41. The fraction of sp³-hybridized carbons (Fsp3) is 0.444. The van der Waals surface area contributed by atoms with E-state index in [1.165, 1.54) is 0 Å². The standard InChI is InChI=1S/C18H24N4O/c1-13-10-17(20-18(23)15-8-5-9-16(19)11-15)22(21-13)12-14-6-3-2-4-7-14/h2-4,6-7,10,15-16H,5,8-9,11-12,19H2,1H3,(H,20,23). The Hall–Kier alpha value is -2.14. The smallest absolute Gasteiger partial charge is 0.228 e. The molecule has 23 heavy (non-hydrogen) atoms. The number of rotatable bonds is 4. The minimum absolute atomic E-state index is 0.0131. The van der Waals surface area contributed by atoms with Crippen molar-refractivity contribution in [1.29, 1.82) is 0 Å². The van der Waals surface area contributed by atoms with Crippen LogP contribution in [0, 0.1) is 12.8 Å². The molecule has 0 radical (unpaired) electrons. The number of aryl methyl sites for hydroxylation is 1. The number of amides is 1. The lowest BCUT2D eigenvalue weighted by Gasteiger charge is -2.25. The first-order chi connectivity index (χ1) is 11.1. The second kappa shape index (κ2) is 6.96. The van der Waals surface area contributed by atoms with Gasteiger partial charge in [-0.05, 0) is 31.7 Å². The molecule has 1 aromatic heterocycles. The molecule has 1 aliphatic rings. The van der Waals surface area contributed by atoms with Gasteiger partial charge in [-0.2, -0.15) is 5.10 Å². The molecule has 2 unspecified atom stereocenters. The molecule has 1 heterocycles. The highest BCUT2D eigenvalue weighted by Gasteiger charge is 2.26. The highest BCUT2D eigenvalue weighted by Crippen LogP contribution is 2.25. The normalized spacial score (nSPS) is 21.1. The second-order valence-corrected chi connectivity index (χ2v) is 6.43. The van der Waals surface area contributed by atoms with Gasteiger partial charge in [0.05, 0.1) is 12.2 Å². The molecule has 0 spiro atoms. The van der Waals surface area contributed by atoms with E-state index in [0.29, 0.717) is 6.54 Å². The Kier molecular flexibility index (Phi) is 4.76. The number of nitrogens with two attached hydrogens (primary N) is 1. The van der Waals surface area contributed by atoms with Crippen LogP contribution in [0.1, 0.15) is 36.9 Å². The summed E-state index contributed by atoms with van der Waals surface area (Å²) in [4.78, 5) is 12.5. The quantitative estimate of drug-likeness (QED) is 0.911. The third kappa shape index (κ3) is 3.99. The van der Waals surface area contributed by atoms with Gasteiger partial charge in [0.25, 0.3) is 0 Å². The molecule has 1 saturated carbocycles. The lowest BCUT2D eigenvalue weighted by Crippen LogP contribution is -2.34. The number of aromatic nitrogens is 2. The van der Waals surface area contributed by atoms with Gasteiger partial charge in [-0.25, -0.2) is 4.68 Å². The zero-order valence-corrected chi connectivity index (χ0v) is 13.5. The fourth-order valence-electron chi connectivity index (χ4n) is 3.22. The number of carbonyl (C=O) groups is 1. The van der Waals surface area contributed by atoms with Crippen LogP contribution >= 0.6 is 0 Å². The summed E-state index contributed by atoms with van der Waals surface area (Å²) in [5, 5.41) is 7.54. The van der Waals surface area contributed by atoms with Crippen LogP contribution in [0.2, 0.25) is 0 Å². The van der Waals surface area contributed by atoms with Crippen LogP contribution < -0.4 is 11.1 Å². The van der Waals surface area contributed by atoms with Gasteiger partial charge < -0.3 is 11.1 Å². The molecule has 122 valence electrons. The van der Waals surface area contributed by atoms with Gasteiger partial charge in [-0.15, -0.1) is 0 Å². The van der Waals surface area contributed by atoms with E-state index in [1.807, 2.05) is 35.9 Å². The Morgan fingerprint density at radius 1 is 1.35 bits per heavy atom. The summed E-state index contributed by atoms with van der Waals surface area (Å²) in [7, 11) is 0. The monoisotopic (exact) mass is 312 g/mol. The van der Waals surface area contributed by atoms with Gasteiger partial charge in [-0.3, -0.25) is 4.79 Å². The summed E-state index contributed by atoms with van der Waals surface area (Å²) in [6, 6.07) is 12.2. The molecule has 1 aromatic carbocycles. The van der Waals surface area contributed by atoms with Gasteiger partial charge in [0.2, 0.25) is 5.91 Å². The Bertz CT molecular complexity index is 665. The maximum absolute atomic E-state index is 12.5. The summed E-state index contributed by atoms with van der Waals surface area (Å²) in [6.07, 6.45) is 3.75. The number of nitrogens with one attached hydrogen (secondary N) is 1. The van der Waals surface area contributed by atoms with Crippen LogP contribution in [-0.4, -0.2) is 21.7 Å². The predicted molar refractivity (Wildman–Crippen MR) is 91.1 cm³/mol. The number of carbonyl (C=O) groups excluding carboxylic acids is 1. The zero-order valence-electron chi connectivity index (χ0n) is 13.5. The summed E-state index contributed by atoms with van der Waals surface area (Å²) in [5.74, 6) is 0.837. The van der Waals surface area contributed by atoms with Crippen LogP contribution in [0.3, 0.4) is 0 Å². The molecule has 3 rings (SSSR count). The lowest BCUT2D eigenvalue weighted by molar-refractivity contribution is -0.120. The Morgan fingerprint density at radius 2 is 2.13 bits per heavy atom. The van der Waals surface area contributed by atoms with Crippen molar-refractivity contribution < 1.29 is 4.79 Å². The van der Waals surface area contributed by atoms with Crippen LogP contribution in [0.25, 0.3) is 0 Å². The topological polar surface area (TPSA) is 72.9 Å². The highest BCUT2D eigenvalue weighted by molar-refractivity contribution is 5.91. The minimum Gasteiger partial charge on any atom is -0.328 e. The van der Waals surface area contributed by atoms with Crippen molar-refractivity contribution in [3.8, 4) is 0 Å². The molecular formula is C18H24N4O. The number of hydrogen-bond acceptors (Lipinski definition) is 3. The van der Waals surface area contributed by atoms with E-state index in [9.17, 15) is 4.79 Å². The van der Waals surface area contributed by atoms with E-state index in [1.54, 1.807) is 0 Å². The number of hydrogen-bond donors (Lipinski definition) is 2. The zero-order chi connectivity index (χ0) is 16.2. The van der Waals surface area contributed by atoms with Crippen LogP contribution in [-0.2, 0) is 11.3 Å². The van der Waals surface area contributed by atoms with Gasteiger partial charge in [0.1, 0.15) is 5.82 Å². The van der Waals surface area contributed by atoms with Crippen LogP contribution in [0.4, 0.5) is 5.82 Å². The Morgan fingerprint density at radius 3 is 2.87 bits per heavy atom. The van der Waals surface area contributed by atoms with Crippen molar-refractivity contribution in [2.45, 2.75) is 45.2 Å². The number of nitrogens with zero attached hydrogens (tertiary/aromatic N) is 2. The Balaban J connectivity index is 1.71. The van der Waals surface area contributed by atoms with Gasteiger partial charge in [0, 0.05) is 18.0 Å². The molecule has 1 aliphatic carbocycles. The van der Waals surface area contributed by atoms with Crippen LogP contribution in [0.15, 0.2) is 36.4 Å². The van der Waals surface area contributed by atoms with Gasteiger partial charge >= 0.3 is 0 Å². The lowest BCUT2D eigenvalue weighted by atomic mass is 9.85. The SMILES string of the molecule is Cc1cc(NC(=O)C2CCCC(N)C2)n(Cc2ccccc2)n1. The second-order valence-electron chi connectivity index (χ2n) is 6.43. The van der Waals surface area contributed by atoms with E-state index < -0.39 is 0 Å². The number of anilines is 1. The molecular weight excluding hydrogens is 288 g/mol. The molecule has 3 N–H and O–H groups in total. The number of benzene rings is 1. The largest absolute Gasteiger partial charge is 0.328 e. The molecule has 5 nitrogen and oxygen atoms in total. The molecule has 1 fully saturated rings. The molecule has 2 atom stereocenters. The first-order valence-corrected chi connectivity index (χ1v) is 8.26. The predicted octanol–water partition coefficient (Wildman–Crippen LogP) is 2.70. The maximum atomic E-state index is 12.5. The van der Waals surface area contributed by atoms with Crippen LogP contribution in [0.5, 0.6) is 0 Å². The van der Waals surface area contributed by atoms with Crippen molar-refractivity contribution in [1.82, 2.24) is 9.78 Å². The Labute approximate surface area is 136 Å². The van der Waals surface area contributed by atoms with Crippen molar-refractivity contribution in [2.24, 2.45) is 11.7 Å². The van der Waals surface area contributed by atoms with Gasteiger partial charge in [-0.1, -0.05) is 36.8 Å². The summed E-state index contributed by atoms with van der Waals surface area (Å²) >= 11 is 0. The maximum Gasteiger partial charge on any atom is 0.228 e. The first kappa shape index (κ1) is 15.7. The van der Waals surface area contributed by atoms with E-state index in [0.717, 1.165) is 42.8 Å². The molecule has 2 aromatic rings. The summed E-state index contributed by atoms with van der Waals surface area (Å²) in [6.45, 7) is 2.59. The van der Waals surface area contributed by atoms with Crippen molar-refractivity contribution >= 4 is 11.7 Å². The van der Waals surface area contributed by atoms with Crippen molar-refractivity contribution in [2.75, 3.05) is 5.32 Å². The average molecular weight is 312 g/mol. The van der Waals surface area contributed by atoms with E-state index in [-0.39, 0.29) is 17.9 Å². The van der Waals surface area contributed by atoms with Crippen molar-refractivity contribution in [3.63, 3.8) is 0 Å². The van der Waals surface area contributed by atoms with E-state index in [4.69, 9.17) is 5.73 Å². The van der Waals surface area contributed by atoms with E-state index in [2.05, 4.69) is 22.5 Å². The first-order valence-electron chi connectivity index (χ1n) is 8.26. The minimum atomic E-state index is 0.0131. The summed E-state index contributed by atoms with van der Waals surface area (Å²) < 4.78 is 1.85. The molecule has 0 saturated heterocycles. The molecule has 5 heteroatoms. The van der Waals surface area contributed by atoms with E-state index >= 15 is 0 Å². The summed E-state index contributed by atoms with van der Waals surface area (Å²) in [5.41, 5.74) is 8.05. The molecule has 0 aliphatic heterocycles. The van der Waals surface area contributed by atoms with Gasteiger partial charge in [0.15, 0.2) is 0 Å².